The van der Waals surface area contributed by atoms with Crippen molar-refractivity contribution in [1.82, 2.24) is 4.90 Å². The van der Waals surface area contributed by atoms with E-state index >= 15 is 0 Å². The van der Waals surface area contributed by atoms with E-state index in [0.29, 0.717) is 12.0 Å². The molecular weight excluding hydrogens is 226 g/mol. The fourth-order valence-electron chi connectivity index (χ4n) is 3.75. The predicted molar refractivity (Wildman–Crippen MR) is 67.2 cm³/mol. The maximum atomic E-state index is 11.9. The molecule has 1 atom stereocenters. The Bertz CT molecular complexity index is 494. The average molecular weight is 243 g/mol. The van der Waals surface area contributed by atoms with E-state index in [2.05, 4.69) is 24.3 Å². The summed E-state index contributed by atoms with van der Waals surface area (Å²) in [6.07, 6.45) is 4.62. The van der Waals surface area contributed by atoms with E-state index < -0.39 is 0 Å². The van der Waals surface area contributed by atoms with Crippen LogP contribution in [0, 0.1) is 5.41 Å². The second kappa shape index (κ2) is 3.28. The Balaban J connectivity index is 1.64. The second-order valence-electron chi connectivity index (χ2n) is 5.92. The molecule has 1 aromatic rings. The highest BCUT2D eigenvalue weighted by Gasteiger charge is 2.77. The molecule has 1 aromatic carbocycles. The van der Waals surface area contributed by atoms with Crippen molar-refractivity contribution in [2.24, 2.45) is 5.41 Å². The number of ether oxygens (including phenoxy) is 1. The van der Waals surface area contributed by atoms with E-state index in [9.17, 15) is 4.79 Å². The fraction of sp³-hybridized carbons (Fsp3) is 0.533. The summed E-state index contributed by atoms with van der Waals surface area (Å²) in [4.78, 5) is 13.9. The lowest BCUT2D eigenvalue weighted by Crippen LogP contribution is -2.42. The van der Waals surface area contributed by atoms with Crippen molar-refractivity contribution in [1.29, 1.82) is 0 Å². The van der Waals surface area contributed by atoms with Gasteiger partial charge in [0, 0.05) is 0 Å². The molecule has 1 unspecified atom stereocenters. The van der Waals surface area contributed by atoms with Gasteiger partial charge in [-0.2, -0.15) is 0 Å². The molecule has 3 fully saturated rings. The molecule has 0 radical (unpaired) electrons. The summed E-state index contributed by atoms with van der Waals surface area (Å²) < 4.78 is 5.14. The van der Waals surface area contributed by atoms with Gasteiger partial charge in [-0.1, -0.05) is 30.3 Å². The third-order valence-corrected chi connectivity index (χ3v) is 4.96. The molecular formula is C15H17NO2. The highest BCUT2D eigenvalue weighted by atomic mass is 16.6. The summed E-state index contributed by atoms with van der Waals surface area (Å²) in [5.74, 6) is 0. The molecule has 0 bridgehead atoms. The average Bonchev–Trinajstić information content (AvgIpc) is 3.23. The van der Waals surface area contributed by atoms with E-state index in [4.69, 9.17) is 4.74 Å². The highest BCUT2D eigenvalue weighted by molar-refractivity contribution is 5.72. The maximum Gasteiger partial charge on any atom is 0.410 e. The quantitative estimate of drug-likeness (QED) is 0.816. The molecule has 0 N–H and O–H groups in total. The van der Waals surface area contributed by atoms with Gasteiger partial charge in [-0.05, 0) is 36.7 Å². The summed E-state index contributed by atoms with van der Waals surface area (Å²) in [5, 5.41) is 0. The van der Waals surface area contributed by atoms with Gasteiger partial charge in [0.25, 0.3) is 0 Å². The van der Waals surface area contributed by atoms with E-state index in [-0.39, 0.29) is 11.6 Å². The number of cyclic esters (lactones) is 1. The lowest BCUT2D eigenvalue weighted by atomic mass is 9.99. The first-order chi connectivity index (χ1) is 8.76. The van der Waals surface area contributed by atoms with Crippen LogP contribution in [0.2, 0.25) is 0 Å². The van der Waals surface area contributed by atoms with Gasteiger partial charge in [-0.3, -0.25) is 4.90 Å². The zero-order valence-corrected chi connectivity index (χ0v) is 10.4. The summed E-state index contributed by atoms with van der Waals surface area (Å²) >= 11 is 0. The molecule has 1 saturated heterocycles. The molecule has 1 amide bonds. The Kier molecular flexibility index (Phi) is 1.90. The maximum absolute atomic E-state index is 11.9. The van der Waals surface area contributed by atoms with Gasteiger partial charge >= 0.3 is 6.09 Å². The van der Waals surface area contributed by atoms with E-state index in [1.54, 1.807) is 0 Å². The molecule has 1 spiro atoms. The predicted octanol–water partition coefficient (Wildman–Crippen LogP) is 2.60. The minimum absolute atomic E-state index is 0.0714. The van der Waals surface area contributed by atoms with Crippen molar-refractivity contribution in [3.8, 4) is 0 Å². The monoisotopic (exact) mass is 243 g/mol. The van der Waals surface area contributed by atoms with Gasteiger partial charge in [0.1, 0.15) is 6.61 Å². The van der Waals surface area contributed by atoms with Gasteiger partial charge in [0.2, 0.25) is 0 Å². The number of carbonyl (C=O) groups is 1. The van der Waals surface area contributed by atoms with Crippen LogP contribution in [-0.4, -0.2) is 29.7 Å². The first-order valence-corrected chi connectivity index (χ1v) is 6.74. The van der Waals surface area contributed by atoms with Crippen molar-refractivity contribution >= 4 is 6.09 Å². The minimum Gasteiger partial charge on any atom is -0.448 e. The molecule has 3 aliphatic rings. The van der Waals surface area contributed by atoms with Crippen LogP contribution in [0.15, 0.2) is 30.3 Å². The van der Waals surface area contributed by atoms with E-state index in [0.717, 1.165) is 13.0 Å². The van der Waals surface area contributed by atoms with Gasteiger partial charge in [-0.15, -0.1) is 0 Å². The molecule has 94 valence electrons. The summed E-state index contributed by atoms with van der Waals surface area (Å²) in [5.41, 5.74) is 1.84. The Labute approximate surface area is 107 Å². The van der Waals surface area contributed by atoms with Crippen LogP contribution >= 0.6 is 0 Å². The van der Waals surface area contributed by atoms with Crippen molar-refractivity contribution < 1.29 is 9.53 Å². The molecule has 1 aliphatic heterocycles. The molecule has 18 heavy (non-hydrogen) atoms. The van der Waals surface area contributed by atoms with Gasteiger partial charge in [0.05, 0.1) is 12.1 Å². The van der Waals surface area contributed by atoms with Crippen LogP contribution in [0.4, 0.5) is 4.79 Å². The number of rotatable bonds is 3. The lowest BCUT2D eigenvalue weighted by molar-refractivity contribution is 0.138. The highest BCUT2D eigenvalue weighted by Crippen LogP contribution is 2.76. The fourth-order valence-corrected chi connectivity index (χ4v) is 3.75. The van der Waals surface area contributed by atoms with Crippen LogP contribution in [-0.2, 0) is 11.2 Å². The Morgan fingerprint density at radius 1 is 1.22 bits per heavy atom. The van der Waals surface area contributed by atoms with Crippen LogP contribution in [0.1, 0.15) is 24.8 Å². The molecule has 3 heteroatoms. The Morgan fingerprint density at radius 2 is 2.00 bits per heavy atom. The lowest BCUT2D eigenvalue weighted by Gasteiger charge is -2.27. The first-order valence-electron chi connectivity index (χ1n) is 6.74. The van der Waals surface area contributed by atoms with Crippen LogP contribution in [0.5, 0.6) is 0 Å². The largest absolute Gasteiger partial charge is 0.448 e. The SMILES string of the molecule is O=C1OCCN1C1(Cc2ccccc2)CC12CC2. The standard InChI is InChI=1S/C15H17NO2/c17-13-16(8-9-18-13)15(11-14(15)6-7-14)10-12-4-2-1-3-5-12/h1-5H,6-11H2. The Hall–Kier alpha value is -1.51. The van der Waals surface area contributed by atoms with Crippen molar-refractivity contribution in [2.75, 3.05) is 13.2 Å². The molecule has 4 rings (SSSR count). The van der Waals surface area contributed by atoms with Crippen molar-refractivity contribution in [3.05, 3.63) is 35.9 Å². The Morgan fingerprint density at radius 3 is 2.56 bits per heavy atom. The number of nitrogens with zero attached hydrogens (tertiary/aromatic N) is 1. The summed E-state index contributed by atoms with van der Waals surface area (Å²) in [6, 6.07) is 10.5. The van der Waals surface area contributed by atoms with Gasteiger partial charge in [0.15, 0.2) is 0 Å². The van der Waals surface area contributed by atoms with Crippen molar-refractivity contribution in [2.45, 2.75) is 31.2 Å². The summed E-state index contributed by atoms with van der Waals surface area (Å²) in [7, 11) is 0. The number of hydrogen-bond acceptors (Lipinski definition) is 2. The minimum atomic E-state index is -0.102. The molecule has 0 aromatic heterocycles. The van der Waals surface area contributed by atoms with Gasteiger partial charge in [-0.25, -0.2) is 4.79 Å². The number of carbonyl (C=O) groups excluding carboxylic acids is 1. The third kappa shape index (κ3) is 1.27. The number of benzene rings is 1. The normalized spacial score (nSPS) is 31.6. The zero-order chi connectivity index (χ0) is 12.2. The number of amides is 1. The summed E-state index contributed by atoms with van der Waals surface area (Å²) in [6.45, 7) is 1.33. The molecule has 3 nitrogen and oxygen atoms in total. The van der Waals surface area contributed by atoms with Crippen LogP contribution in [0.3, 0.4) is 0 Å². The van der Waals surface area contributed by atoms with Crippen LogP contribution in [0.25, 0.3) is 0 Å². The van der Waals surface area contributed by atoms with Gasteiger partial charge < -0.3 is 4.74 Å². The topological polar surface area (TPSA) is 29.5 Å². The zero-order valence-electron chi connectivity index (χ0n) is 10.4. The van der Waals surface area contributed by atoms with Crippen LogP contribution < -0.4 is 0 Å². The molecule has 2 aliphatic carbocycles. The third-order valence-electron chi connectivity index (χ3n) is 4.96. The van der Waals surface area contributed by atoms with E-state index in [1.807, 2.05) is 11.0 Å². The van der Waals surface area contributed by atoms with Crippen molar-refractivity contribution in [3.63, 3.8) is 0 Å². The molecule has 2 saturated carbocycles. The van der Waals surface area contributed by atoms with E-state index in [1.165, 1.54) is 24.8 Å². The smallest absolute Gasteiger partial charge is 0.410 e. The first kappa shape index (κ1) is 10.4. The molecule has 1 heterocycles. The number of hydrogen-bond donors (Lipinski definition) is 0. The second-order valence-corrected chi connectivity index (χ2v) is 5.92.